The number of aliphatic hydroxyl groups excluding tert-OH is 1. The topological polar surface area (TPSA) is 77.8 Å². The van der Waals surface area contributed by atoms with E-state index in [9.17, 15) is 4.79 Å². The second-order valence-corrected chi connectivity index (χ2v) is 2.51. The third-order valence-electron chi connectivity index (χ3n) is 0.562. The maximum Gasteiger partial charge on any atom is 0.327 e. The van der Waals surface area contributed by atoms with E-state index >= 15 is 0 Å². The van der Waals surface area contributed by atoms with Crippen molar-refractivity contribution in [3.8, 4) is 0 Å². The predicted molar refractivity (Wildman–Crippen MR) is 41.2 cm³/mol. The molecule has 0 saturated heterocycles. The van der Waals surface area contributed by atoms with Crippen LogP contribution in [-0.4, -0.2) is 33.5 Å². The molecule has 66 valence electrons. The average Bonchev–Trinajstić information content (AvgIpc) is 1.88. The van der Waals surface area contributed by atoms with Gasteiger partial charge in [0.05, 0.1) is 12.2 Å². The summed E-state index contributed by atoms with van der Waals surface area (Å²) in [6.07, 6.45) is 0.833. The van der Waals surface area contributed by atoms with E-state index in [1.54, 1.807) is 13.8 Å². The third kappa shape index (κ3) is 27.2. The molecule has 0 aromatic carbocycles. The van der Waals surface area contributed by atoms with Gasteiger partial charge in [0.2, 0.25) is 0 Å². The largest absolute Gasteiger partial charge is 0.478 e. The van der Waals surface area contributed by atoms with Crippen LogP contribution in [0.5, 0.6) is 0 Å². The van der Waals surface area contributed by atoms with Gasteiger partial charge in [-0.15, -0.1) is 0 Å². The lowest BCUT2D eigenvalue weighted by Gasteiger charge is -2.10. The van der Waals surface area contributed by atoms with Crippen molar-refractivity contribution in [2.45, 2.75) is 19.4 Å². The van der Waals surface area contributed by atoms with Gasteiger partial charge in [0.1, 0.15) is 0 Å². The van der Waals surface area contributed by atoms with Gasteiger partial charge in [-0.1, -0.05) is 6.58 Å². The smallest absolute Gasteiger partial charge is 0.327 e. The van der Waals surface area contributed by atoms with Crippen molar-refractivity contribution in [3.05, 3.63) is 12.7 Å². The highest BCUT2D eigenvalue weighted by Crippen LogP contribution is 1.95. The Kier molecular flexibility index (Phi) is 6.83. The molecule has 0 radical (unpaired) electrons. The molecule has 4 heteroatoms. The summed E-state index contributed by atoms with van der Waals surface area (Å²) < 4.78 is 0. The highest BCUT2D eigenvalue weighted by atomic mass is 16.4. The number of carboxylic acids is 1. The minimum absolute atomic E-state index is 0.174. The lowest BCUT2D eigenvalue weighted by atomic mass is 10.2. The molecule has 4 nitrogen and oxygen atoms in total. The maximum atomic E-state index is 9.25. The summed E-state index contributed by atoms with van der Waals surface area (Å²) in [7, 11) is 0. The molecule has 0 aromatic rings. The van der Waals surface area contributed by atoms with Crippen molar-refractivity contribution < 1.29 is 20.1 Å². The molecule has 0 aliphatic rings. The number of aliphatic hydroxyl groups is 2. The van der Waals surface area contributed by atoms with E-state index in [2.05, 4.69) is 6.58 Å². The van der Waals surface area contributed by atoms with E-state index < -0.39 is 11.6 Å². The highest BCUT2D eigenvalue weighted by molar-refractivity contribution is 5.78. The van der Waals surface area contributed by atoms with Crippen LogP contribution < -0.4 is 0 Å². The molecule has 0 aliphatic heterocycles. The molecule has 0 aromatic heterocycles. The monoisotopic (exact) mass is 162 g/mol. The van der Waals surface area contributed by atoms with Gasteiger partial charge in [-0.25, -0.2) is 4.79 Å². The average molecular weight is 162 g/mol. The number of hydrogen-bond acceptors (Lipinski definition) is 3. The van der Waals surface area contributed by atoms with Crippen molar-refractivity contribution in [3.63, 3.8) is 0 Å². The molecule has 0 spiro atoms. The molecule has 0 rings (SSSR count). The summed E-state index contributed by atoms with van der Waals surface area (Å²) in [6, 6.07) is 0. The Morgan fingerprint density at radius 3 is 1.82 bits per heavy atom. The third-order valence-corrected chi connectivity index (χ3v) is 0.562. The van der Waals surface area contributed by atoms with Crippen LogP contribution in [-0.2, 0) is 4.79 Å². The van der Waals surface area contributed by atoms with Gasteiger partial charge in [0.15, 0.2) is 0 Å². The summed E-state index contributed by atoms with van der Waals surface area (Å²) in [5, 5.41) is 24.3. The Bertz CT molecular complexity index is 123. The first kappa shape index (κ1) is 12.8. The minimum Gasteiger partial charge on any atom is -0.478 e. The van der Waals surface area contributed by atoms with Crippen LogP contribution in [0.25, 0.3) is 0 Å². The predicted octanol–water partition coefficient (Wildman–Crippen LogP) is 0.00660. The second kappa shape index (κ2) is 5.88. The molecular weight excluding hydrogens is 148 g/mol. The van der Waals surface area contributed by atoms with Crippen LogP contribution in [0.15, 0.2) is 12.7 Å². The van der Waals surface area contributed by atoms with E-state index in [1.807, 2.05) is 0 Å². The van der Waals surface area contributed by atoms with E-state index in [1.165, 1.54) is 0 Å². The van der Waals surface area contributed by atoms with Crippen LogP contribution in [0.3, 0.4) is 0 Å². The Balaban J connectivity index is 0. The van der Waals surface area contributed by atoms with Crippen molar-refractivity contribution in [2.24, 2.45) is 0 Å². The van der Waals surface area contributed by atoms with E-state index in [-0.39, 0.29) is 6.61 Å². The SMILES string of the molecule is C=CC(=O)O.CC(C)(O)CO. The molecule has 3 N–H and O–H groups in total. The van der Waals surface area contributed by atoms with Gasteiger partial charge in [-0.05, 0) is 13.8 Å². The van der Waals surface area contributed by atoms with Crippen molar-refractivity contribution in [1.29, 1.82) is 0 Å². The maximum absolute atomic E-state index is 9.25. The number of carbonyl (C=O) groups is 1. The zero-order valence-electron chi connectivity index (χ0n) is 6.74. The Morgan fingerprint density at radius 2 is 1.82 bits per heavy atom. The quantitative estimate of drug-likeness (QED) is 0.500. The molecule has 0 unspecified atom stereocenters. The molecular formula is C7H14O4. The molecule has 0 amide bonds. The zero-order chi connectivity index (χ0) is 9.49. The first-order chi connectivity index (χ1) is 4.83. The molecule has 0 atom stereocenters. The van der Waals surface area contributed by atoms with Crippen molar-refractivity contribution >= 4 is 5.97 Å². The van der Waals surface area contributed by atoms with Crippen molar-refractivity contribution in [2.75, 3.05) is 6.61 Å². The molecule has 0 saturated carbocycles. The number of carboxylic acid groups (broad SMARTS) is 1. The van der Waals surface area contributed by atoms with Gasteiger partial charge in [0.25, 0.3) is 0 Å². The fourth-order valence-corrected chi connectivity index (χ4v) is 0. The number of hydrogen-bond donors (Lipinski definition) is 3. The normalized spacial score (nSPS) is 9.45. The summed E-state index contributed by atoms with van der Waals surface area (Å²) in [4.78, 5) is 9.25. The van der Waals surface area contributed by atoms with Gasteiger partial charge in [0, 0.05) is 6.08 Å². The van der Waals surface area contributed by atoms with Gasteiger partial charge in [-0.2, -0.15) is 0 Å². The Labute approximate surface area is 65.8 Å². The summed E-state index contributed by atoms with van der Waals surface area (Å²) in [5.41, 5.74) is -0.903. The summed E-state index contributed by atoms with van der Waals surface area (Å²) >= 11 is 0. The van der Waals surface area contributed by atoms with Crippen LogP contribution in [0.4, 0.5) is 0 Å². The fraction of sp³-hybridized carbons (Fsp3) is 0.571. The molecule has 0 aliphatic carbocycles. The Hall–Kier alpha value is -0.870. The van der Waals surface area contributed by atoms with E-state index in [4.69, 9.17) is 15.3 Å². The minimum atomic E-state index is -0.981. The molecule has 11 heavy (non-hydrogen) atoms. The van der Waals surface area contributed by atoms with E-state index in [0.29, 0.717) is 0 Å². The lowest BCUT2D eigenvalue weighted by Crippen LogP contribution is -2.23. The first-order valence-corrected chi connectivity index (χ1v) is 3.02. The van der Waals surface area contributed by atoms with E-state index in [0.717, 1.165) is 6.08 Å². The molecule has 0 bridgehead atoms. The Morgan fingerprint density at radius 1 is 1.64 bits per heavy atom. The summed E-state index contributed by atoms with van der Waals surface area (Å²) in [6.45, 7) is 5.88. The molecule has 0 fully saturated rings. The zero-order valence-corrected chi connectivity index (χ0v) is 6.74. The fourth-order valence-electron chi connectivity index (χ4n) is 0. The van der Waals surface area contributed by atoms with Gasteiger partial charge in [-0.3, -0.25) is 0 Å². The standard InChI is InChI=1S/C4H10O2.C3H4O2/c1-4(2,6)3-5;1-2-3(4)5/h5-6H,3H2,1-2H3;2H,1H2,(H,4,5). The van der Waals surface area contributed by atoms with Crippen LogP contribution >= 0.6 is 0 Å². The lowest BCUT2D eigenvalue weighted by molar-refractivity contribution is -0.131. The highest BCUT2D eigenvalue weighted by Gasteiger charge is 2.07. The van der Waals surface area contributed by atoms with Crippen LogP contribution in [0.2, 0.25) is 0 Å². The van der Waals surface area contributed by atoms with Crippen LogP contribution in [0.1, 0.15) is 13.8 Å². The summed E-state index contributed by atoms with van der Waals surface area (Å²) in [5.74, 6) is -0.981. The number of aliphatic carboxylic acids is 1. The van der Waals surface area contributed by atoms with Gasteiger partial charge < -0.3 is 15.3 Å². The van der Waals surface area contributed by atoms with Crippen LogP contribution in [0, 0.1) is 0 Å². The number of rotatable bonds is 2. The molecule has 0 heterocycles. The first-order valence-electron chi connectivity index (χ1n) is 3.02. The van der Waals surface area contributed by atoms with Crippen molar-refractivity contribution in [1.82, 2.24) is 0 Å². The van der Waals surface area contributed by atoms with Gasteiger partial charge >= 0.3 is 5.97 Å². The second-order valence-electron chi connectivity index (χ2n) is 2.51.